The van der Waals surface area contributed by atoms with Gasteiger partial charge >= 0.3 is 0 Å². The van der Waals surface area contributed by atoms with Gasteiger partial charge in [0.2, 0.25) is 11.8 Å². The zero-order valence-electron chi connectivity index (χ0n) is 14.1. The van der Waals surface area contributed by atoms with Crippen molar-refractivity contribution in [1.82, 2.24) is 15.6 Å². The van der Waals surface area contributed by atoms with E-state index in [-0.39, 0.29) is 11.8 Å². The standard InChI is InChI=1S/C18H20ClN3O2S/c1-12-5-6-15(8-16(12)19)25-11-17(22-13(2)23)18(24)21-10-14-4-3-7-20-9-14/h3-9,17H,10-11H2,1-2H3,(H,21,24)(H,22,23). The Morgan fingerprint density at radius 3 is 2.76 bits per heavy atom. The largest absolute Gasteiger partial charge is 0.350 e. The van der Waals surface area contributed by atoms with E-state index >= 15 is 0 Å². The lowest BCUT2D eigenvalue weighted by Crippen LogP contribution is -2.47. The summed E-state index contributed by atoms with van der Waals surface area (Å²) in [6, 6.07) is 8.80. The van der Waals surface area contributed by atoms with Crippen molar-refractivity contribution in [2.24, 2.45) is 0 Å². The SMILES string of the molecule is CC(=O)NC(CSc1ccc(C)c(Cl)c1)C(=O)NCc1cccnc1. The van der Waals surface area contributed by atoms with Gasteiger partial charge in [-0.15, -0.1) is 11.8 Å². The third kappa shape index (κ3) is 6.40. The molecule has 0 spiro atoms. The molecular weight excluding hydrogens is 358 g/mol. The van der Waals surface area contributed by atoms with E-state index in [1.807, 2.05) is 37.3 Å². The summed E-state index contributed by atoms with van der Waals surface area (Å²) in [5, 5.41) is 6.20. The van der Waals surface area contributed by atoms with Crippen LogP contribution >= 0.6 is 23.4 Å². The van der Waals surface area contributed by atoms with E-state index in [1.54, 1.807) is 12.4 Å². The van der Waals surface area contributed by atoms with Crippen LogP contribution in [0.25, 0.3) is 0 Å². The van der Waals surface area contributed by atoms with E-state index in [0.717, 1.165) is 16.0 Å². The number of rotatable bonds is 7. The quantitative estimate of drug-likeness (QED) is 0.728. The van der Waals surface area contributed by atoms with Crippen LogP contribution in [0.3, 0.4) is 0 Å². The highest BCUT2D eigenvalue weighted by atomic mass is 35.5. The highest BCUT2D eigenvalue weighted by Gasteiger charge is 2.19. The predicted octanol–water partition coefficient (Wildman–Crippen LogP) is 2.96. The molecule has 0 fully saturated rings. The van der Waals surface area contributed by atoms with Crippen LogP contribution in [0.1, 0.15) is 18.1 Å². The maximum Gasteiger partial charge on any atom is 0.243 e. The molecule has 0 saturated heterocycles. The van der Waals surface area contributed by atoms with Gasteiger partial charge in [0.25, 0.3) is 0 Å². The number of aromatic nitrogens is 1. The van der Waals surface area contributed by atoms with Crippen LogP contribution < -0.4 is 10.6 Å². The number of hydrogen-bond donors (Lipinski definition) is 2. The minimum absolute atomic E-state index is 0.232. The van der Waals surface area contributed by atoms with Gasteiger partial charge in [0, 0.05) is 41.5 Å². The number of carbonyl (C=O) groups is 2. The van der Waals surface area contributed by atoms with Crippen molar-refractivity contribution in [1.29, 1.82) is 0 Å². The number of benzene rings is 1. The molecule has 2 rings (SSSR count). The molecule has 7 heteroatoms. The first-order valence-corrected chi connectivity index (χ1v) is 9.14. The Morgan fingerprint density at radius 1 is 1.32 bits per heavy atom. The van der Waals surface area contributed by atoms with Crippen LogP contribution in [0.2, 0.25) is 5.02 Å². The Morgan fingerprint density at radius 2 is 2.12 bits per heavy atom. The molecule has 1 atom stereocenters. The minimum atomic E-state index is -0.626. The molecule has 0 aliphatic carbocycles. The minimum Gasteiger partial charge on any atom is -0.350 e. The normalized spacial score (nSPS) is 11.6. The van der Waals surface area contributed by atoms with E-state index in [9.17, 15) is 9.59 Å². The summed E-state index contributed by atoms with van der Waals surface area (Å²) in [7, 11) is 0. The fourth-order valence-corrected chi connectivity index (χ4v) is 3.29. The van der Waals surface area contributed by atoms with Crippen molar-refractivity contribution in [3.05, 3.63) is 58.9 Å². The third-order valence-electron chi connectivity index (χ3n) is 3.44. The average Bonchev–Trinajstić information content (AvgIpc) is 2.60. The number of thioether (sulfide) groups is 1. The average molecular weight is 378 g/mol. The fraction of sp³-hybridized carbons (Fsp3) is 0.278. The van der Waals surface area contributed by atoms with Gasteiger partial charge in [-0.05, 0) is 36.2 Å². The van der Waals surface area contributed by atoms with E-state index in [0.29, 0.717) is 17.3 Å². The zero-order chi connectivity index (χ0) is 18.2. The lowest BCUT2D eigenvalue weighted by Gasteiger charge is -2.17. The number of nitrogens with one attached hydrogen (secondary N) is 2. The van der Waals surface area contributed by atoms with Crippen LogP contribution in [0.15, 0.2) is 47.6 Å². The van der Waals surface area contributed by atoms with Gasteiger partial charge in [-0.3, -0.25) is 14.6 Å². The number of pyridine rings is 1. The topological polar surface area (TPSA) is 71.1 Å². The lowest BCUT2D eigenvalue weighted by molar-refractivity contribution is -0.127. The Hall–Kier alpha value is -2.05. The molecule has 2 aromatic rings. The molecule has 132 valence electrons. The molecule has 0 aliphatic heterocycles. The molecule has 5 nitrogen and oxygen atoms in total. The van der Waals surface area contributed by atoms with E-state index in [2.05, 4.69) is 15.6 Å². The first-order valence-electron chi connectivity index (χ1n) is 7.78. The molecule has 2 N–H and O–H groups in total. The maximum atomic E-state index is 12.4. The Balaban J connectivity index is 1.95. The number of hydrogen-bond acceptors (Lipinski definition) is 4. The first-order chi connectivity index (χ1) is 12.0. The van der Waals surface area contributed by atoms with Crippen LogP contribution in [-0.4, -0.2) is 28.6 Å². The van der Waals surface area contributed by atoms with E-state index < -0.39 is 6.04 Å². The molecular formula is C18H20ClN3O2S. The molecule has 0 aliphatic rings. The van der Waals surface area contributed by atoms with Crippen LogP contribution in [0.5, 0.6) is 0 Å². The summed E-state index contributed by atoms with van der Waals surface area (Å²) in [6.07, 6.45) is 3.37. The van der Waals surface area contributed by atoms with Gasteiger partial charge in [0.05, 0.1) is 0 Å². The molecule has 2 amide bonds. The van der Waals surface area contributed by atoms with Gasteiger partial charge in [0.1, 0.15) is 6.04 Å². The number of carbonyl (C=O) groups excluding carboxylic acids is 2. The molecule has 0 radical (unpaired) electrons. The summed E-state index contributed by atoms with van der Waals surface area (Å²) in [5.74, 6) is -0.0634. The van der Waals surface area contributed by atoms with Crippen molar-refractivity contribution in [2.75, 3.05) is 5.75 Å². The molecule has 1 aromatic carbocycles. The number of amides is 2. The maximum absolute atomic E-state index is 12.4. The number of halogens is 1. The molecule has 1 heterocycles. The monoisotopic (exact) mass is 377 g/mol. The van der Waals surface area contributed by atoms with Gasteiger partial charge in [-0.25, -0.2) is 0 Å². The fourth-order valence-electron chi connectivity index (χ4n) is 2.09. The zero-order valence-corrected chi connectivity index (χ0v) is 15.7. The van der Waals surface area contributed by atoms with Crippen LogP contribution in [0, 0.1) is 6.92 Å². The third-order valence-corrected chi connectivity index (χ3v) is 4.94. The molecule has 1 aromatic heterocycles. The van der Waals surface area contributed by atoms with Crippen molar-refractivity contribution in [3.63, 3.8) is 0 Å². The Kier molecular flexibility index (Phi) is 7.28. The summed E-state index contributed by atoms with van der Waals surface area (Å²) < 4.78 is 0. The van der Waals surface area contributed by atoms with Gasteiger partial charge in [-0.1, -0.05) is 23.7 Å². The molecule has 0 saturated carbocycles. The van der Waals surface area contributed by atoms with E-state index in [4.69, 9.17) is 11.6 Å². The van der Waals surface area contributed by atoms with Crippen molar-refractivity contribution in [3.8, 4) is 0 Å². The number of nitrogens with zero attached hydrogens (tertiary/aromatic N) is 1. The second kappa shape index (κ2) is 9.44. The Bertz CT molecular complexity index is 740. The molecule has 25 heavy (non-hydrogen) atoms. The van der Waals surface area contributed by atoms with Crippen molar-refractivity contribution in [2.45, 2.75) is 31.3 Å². The van der Waals surface area contributed by atoms with Crippen molar-refractivity contribution < 1.29 is 9.59 Å². The summed E-state index contributed by atoms with van der Waals surface area (Å²) in [5.41, 5.74) is 1.90. The summed E-state index contributed by atoms with van der Waals surface area (Å²) >= 11 is 7.60. The van der Waals surface area contributed by atoms with Crippen LogP contribution in [-0.2, 0) is 16.1 Å². The number of aryl methyl sites for hydroxylation is 1. The van der Waals surface area contributed by atoms with Crippen molar-refractivity contribution >= 4 is 35.2 Å². The Labute approximate surface area is 156 Å². The summed E-state index contributed by atoms with van der Waals surface area (Å²) in [6.45, 7) is 3.70. The lowest BCUT2D eigenvalue weighted by atomic mass is 10.2. The van der Waals surface area contributed by atoms with Gasteiger partial charge in [-0.2, -0.15) is 0 Å². The second-order valence-electron chi connectivity index (χ2n) is 5.55. The molecule has 0 bridgehead atoms. The first kappa shape index (κ1) is 19.3. The predicted molar refractivity (Wildman–Crippen MR) is 101 cm³/mol. The highest BCUT2D eigenvalue weighted by molar-refractivity contribution is 7.99. The van der Waals surface area contributed by atoms with Gasteiger partial charge in [0.15, 0.2) is 0 Å². The van der Waals surface area contributed by atoms with E-state index in [1.165, 1.54) is 18.7 Å². The molecule has 1 unspecified atom stereocenters. The highest BCUT2D eigenvalue weighted by Crippen LogP contribution is 2.25. The smallest absolute Gasteiger partial charge is 0.243 e. The summed E-state index contributed by atoms with van der Waals surface area (Å²) in [4.78, 5) is 28.8. The second-order valence-corrected chi connectivity index (χ2v) is 7.05. The van der Waals surface area contributed by atoms with Crippen LogP contribution in [0.4, 0.5) is 0 Å². The van der Waals surface area contributed by atoms with Gasteiger partial charge < -0.3 is 10.6 Å².